The van der Waals surface area contributed by atoms with Crippen LogP contribution in [0.2, 0.25) is 0 Å². The molecule has 0 saturated heterocycles. The number of carboxylic acids is 1. The van der Waals surface area contributed by atoms with E-state index in [-0.39, 0.29) is 23.8 Å². The highest BCUT2D eigenvalue weighted by Crippen LogP contribution is 2.17. The molecule has 19 heavy (non-hydrogen) atoms. The van der Waals surface area contributed by atoms with E-state index in [9.17, 15) is 9.90 Å². The van der Waals surface area contributed by atoms with Crippen molar-refractivity contribution in [2.24, 2.45) is 0 Å². The number of aromatic nitrogens is 2. The van der Waals surface area contributed by atoms with Crippen molar-refractivity contribution in [2.45, 2.75) is 32.3 Å². The molecule has 1 unspecified atom stereocenters. The van der Waals surface area contributed by atoms with Crippen molar-refractivity contribution in [2.75, 3.05) is 18.5 Å². The highest BCUT2D eigenvalue weighted by Gasteiger charge is 2.21. The van der Waals surface area contributed by atoms with Crippen LogP contribution in [0.4, 0.5) is 5.69 Å². The van der Waals surface area contributed by atoms with Crippen LogP contribution in [-0.4, -0.2) is 50.0 Å². The van der Waals surface area contributed by atoms with Crippen LogP contribution in [0, 0.1) is 0 Å². The molecule has 0 spiro atoms. The second kappa shape index (κ2) is 5.94. The van der Waals surface area contributed by atoms with Crippen molar-refractivity contribution < 1.29 is 20.1 Å². The average molecular weight is 269 g/mol. The van der Waals surface area contributed by atoms with E-state index in [0.29, 0.717) is 5.82 Å². The third-order valence-electron chi connectivity index (χ3n) is 2.53. The summed E-state index contributed by atoms with van der Waals surface area (Å²) < 4.78 is 0. The predicted octanol–water partition coefficient (Wildman–Crippen LogP) is 0.453. The van der Waals surface area contributed by atoms with Gasteiger partial charge in [-0.3, -0.25) is 0 Å². The Morgan fingerprint density at radius 1 is 1.53 bits per heavy atom. The molecular weight excluding hydrogens is 250 g/mol. The van der Waals surface area contributed by atoms with Gasteiger partial charge in [0, 0.05) is 12.5 Å². The van der Waals surface area contributed by atoms with Gasteiger partial charge in [0.15, 0.2) is 5.69 Å². The molecule has 1 rings (SSSR count). The molecule has 1 heterocycles. The van der Waals surface area contributed by atoms with Crippen molar-refractivity contribution in [1.82, 2.24) is 9.97 Å². The molecule has 0 fully saturated rings. The molecule has 1 aromatic rings. The van der Waals surface area contributed by atoms with Gasteiger partial charge in [-0.15, -0.1) is 0 Å². The Labute approximate surface area is 111 Å². The van der Waals surface area contributed by atoms with Crippen molar-refractivity contribution in [3.05, 3.63) is 17.7 Å². The van der Waals surface area contributed by atoms with Gasteiger partial charge in [0.1, 0.15) is 11.4 Å². The third-order valence-corrected chi connectivity index (χ3v) is 2.53. The van der Waals surface area contributed by atoms with Gasteiger partial charge in [-0.1, -0.05) is 13.8 Å². The van der Waals surface area contributed by atoms with Crippen LogP contribution >= 0.6 is 0 Å². The molecule has 7 nitrogen and oxygen atoms in total. The summed E-state index contributed by atoms with van der Waals surface area (Å²) in [5, 5.41) is 30.4. The first-order valence-electron chi connectivity index (χ1n) is 5.94. The first-order valence-corrected chi connectivity index (χ1v) is 5.94. The second-order valence-corrected chi connectivity index (χ2v) is 4.96. The Morgan fingerprint density at radius 3 is 2.63 bits per heavy atom. The average Bonchev–Trinajstić information content (AvgIpc) is 2.36. The van der Waals surface area contributed by atoms with Gasteiger partial charge in [-0.2, -0.15) is 0 Å². The molecule has 0 aliphatic rings. The Bertz CT molecular complexity index is 460. The number of nitrogens with zero attached hydrogens (tertiary/aromatic N) is 2. The van der Waals surface area contributed by atoms with E-state index in [1.165, 1.54) is 13.1 Å². The molecule has 1 atom stereocenters. The minimum atomic E-state index is -1.34. The number of carbonyl (C=O) groups is 1. The van der Waals surface area contributed by atoms with Crippen molar-refractivity contribution in [1.29, 1.82) is 0 Å². The van der Waals surface area contributed by atoms with E-state index in [1.54, 1.807) is 0 Å². The number of anilines is 1. The number of aromatic carboxylic acids is 1. The largest absolute Gasteiger partial charge is 0.476 e. The second-order valence-electron chi connectivity index (χ2n) is 4.96. The van der Waals surface area contributed by atoms with E-state index < -0.39 is 18.2 Å². The summed E-state index contributed by atoms with van der Waals surface area (Å²) in [7, 11) is 0. The number of rotatable bonds is 6. The van der Waals surface area contributed by atoms with Crippen LogP contribution in [0.15, 0.2) is 6.20 Å². The number of aliphatic hydroxyl groups is 2. The lowest BCUT2D eigenvalue weighted by Gasteiger charge is -2.21. The highest BCUT2D eigenvalue weighted by molar-refractivity contribution is 5.91. The van der Waals surface area contributed by atoms with Gasteiger partial charge in [0.2, 0.25) is 0 Å². The number of hydrogen-bond acceptors (Lipinski definition) is 6. The monoisotopic (exact) mass is 269 g/mol. The molecule has 4 N–H and O–H groups in total. The molecule has 0 aliphatic carbocycles. The molecule has 106 valence electrons. The van der Waals surface area contributed by atoms with Crippen molar-refractivity contribution in [3.8, 4) is 0 Å². The third kappa shape index (κ3) is 4.15. The quantitative estimate of drug-likeness (QED) is 0.592. The molecule has 7 heteroatoms. The minimum Gasteiger partial charge on any atom is -0.476 e. The van der Waals surface area contributed by atoms with Crippen molar-refractivity contribution in [3.63, 3.8) is 0 Å². The lowest BCUT2D eigenvalue weighted by atomic mass is 10.1. The fourth-order valence-corrected chi connectivity index (χ4v) is 1.31. The fraction of sp³-hybridized carbons (Fsp3) is 0.583. The molecule has 0 amide bonds. The first-order chi connectivity index (χ1) is 8.76. The lowest BCUT2D eigenvalue weighted by Crippen LogP contribution is -2.37. The maximum atomic E-state index is 11.1. The zero-order valence-electron chi connectivity index (χ0n) is 11.2. The predicted molar refractivity (Wildman–Crippen MR) is 69.3 cm³/mol. The number of hydrogen-bond donors (Lipinski definition) is 4. The summed E-state index contributed by atoms with van der Waals surface area (Å²) in [5.74, 6) is -0.708. The van der Waals surface area contributed by atoms with Crippen LogP contribution in [0.5, 0.6) is 0 Å². The Morgan fingerprint density at radius 2 is 2.16 bits per heavy atom. The van der Waals surface area contributed by atoms with Crippen LogP contribution < -0.4 is 5.32 Å². The van der Waals surface area contributed by atoms with Crippen molar-refractivity contribution >= 4 is 11.7 Å². The Kier molecular flexibility index (Phi) is 4.79. The summed E-state index contributed by atoms with van der Waals surface area (Å²) in [6, 6.07) is 0. The number of carboxylic acid groups (broad SMARTS) is 1. The maximum Gasteiger partial charge on any atom is 0.356 e. The smallest absolute Gasteiger partial charge is 0.356 e. The normalized spacial score (nSPS) is 14.2. The first kappa shape index (κ1) is 15.3. The standard InChI is InChI=1S/C12H19N3O4/c1-7(2)10-13-4-8(9(15-10)11(17)18)14-5-12(3,19)6-16/h4,7,14,16,19H,5-6H2,1-3H3,(H,17,18). The SMILES string of the molecule is CC(C)c1ncc(NCC(C)(O)CO)c(C(=O)O)n1. The zero-order valence-corrected chi connectivity index (χ0v) is 11.2. The van der Waals surface area contributed by atoms with Gasteiger partial charge in [-0.25, -0.2) is 14.8 Å². The van der Waals surface area contributed by atoms with E-state index in [0.717, 1.165) is 0 Å². The van der Waals surface area contributed by atoms with Crippen LogP contribution in [0.25, 0.3) is 0 Å². The lowest BCUT2D eigenvalue weighted by molar-refractivity contribution is 0.0132. The summed E-state index contributed by atoms with van der Waals surface area (Å²) in [4.78, 5) is 19.2. The molecule has 1 aromatic heterocycles. The van der Waals surface area contributed by atoms with Gasteiger partial charge in [0.05, 0.1) is 18.5 Å². The van der Waals surface area contributed by atoms with Gasteiger partial charge >= 0.3 is 5.97 Å². The van der Waals surface area contributed by atoms with E-state index in [1.807, 2.05) is 13.8 Å². The highest BCUT2D eigenvalue weighted by atomic mass is 16.4. The number of aliphatic hydroxyl groups excluding tert-OH is 1. The molecule has 0 saturated carbocycles. The van der Waals surface area contributed by atoms with Crippen LogP contribution in [0.1, 0.15) is 43.0 Å². The molecule has 0 radical (unpaired) electrons. The summed E-state index contributed by atoms with van der Waals surface area (Å²) in [5.41, 5.74) is -1.27. The molecule has 0 bridgehead atoms. The van der Waals surface area contributed by atoms with Gasteiger partial charge in [0.25, 0.3) is 0 Å². The van der Waals surface area contributed by atoms with E-state index in [4.69, 9.17) is 10.2 Å². The van der Waals surface area contributed by atoms with Crippen LogP contribution in [0.3, 0.4) is 0 Å². The number of nitrogens with one attached hydrogen (secondary N) is 1. The van der Waals surface area contributed by atoms with Crippen LogP contribution in [-0.2, 0) is 0 Å². The van der Waals surface area contributed by atoms with Gasteiger partial charge in [-0.05, 0) is 6.92 Å². The minimum absolute atomic E-state index is 0.00579. The summed E-state index contributed by atoms with van der Waals surface area (Å²) in [6.45, 7) is 4.72. The summed E-state index contributed by atoms with van der Waals surface area (Å²) >= 11 is 0. The topological polar surface area (TPSA) is 116 Å². The Hall–Kier alpha value is -1.73. The Balaban J connectivity index is 2.98. The molecule has 0 aliphatic heterocycles. The summed E-state index contributed by atoms with van der Waals surface area (Å²) in [6.07, 6.45) is 1.37. The molecular formula is C12H19N3O4. The van der Waals surface area contributed by atoms with Gasteiger partial charge < -0.3 is 20.6 Å². The van der Waals surface area contributed by atoms with E-state index in [2.05, 4.69) is 15.3 Å². The van der Waals surface area contributed by atoms with E-state index >= 15 is 0 Å². The fourth-order valence-electron chi connectivity index (χ4n) is 1.31. The molecule has 0 aromatic carbocycles. The maximum absolute atomic E-state index is 11.1. The zero-order chi connectivity index (χ0) is 14.6.